The summed E-state index contributed by atoms with van der Waals surface area (Å²) in [5, 5.41) is 4.43. The van der Waals surface area contributed by atoms with Crippen LogP contribution in [-0.2, 0) is 14.6 Å². The lowest BCUT2D eigenvalue weighted by Crippen LogP contribution is -2.39. The molecule has 0 bridgehead atoms. The quantitative estimate of drug-likeness (QED) is 0.679. The van der Waals surface area contributed by atoms with Crippen LogP contribution in [0, 0.1) is 13.8 Å². The van der Waals surface area contributed by atoms with E-state index in [4.69, 9.17) is 23.2 Å². The zero-order chi connectivity index (χ0) is 22.3. The van der Waals surface area contributed by atoms with Crippen molar-refractivity contribution in [1.82, 2.24) is 0 Å². The topological polar surface area (TPSA) is 78.8 Å². The normalized spacial score (nSPS) is 21.7. The molecule has 0 aliphatic carbocycles. The average molecular weight is 498 g/mol. The molecule has 2 heterocycles. The highest BCUT2D eigenvalue weighted by atomic mass is 35.5. The molecule has 2 aliphatic heterocycles. The zero-order valence-corrected chi connectivity index (χ0v) is 20.1. The molecule has 0 saturated carbocycles. The van der Waals surface area contributed by atoms with Gasteiger partial charge in [-0.2, -0.15) is 0 Å². The summed E-state index contributed by atoms with van der Waals surface area (Å²) >= 11 is 13.6. The van der Waals surface area contributed by atoms with E-state index >= 15 is 0 Å². The minimum atomic E-state index is -3.17. The van der Waals surface area contributed by atoms with E-state index in [0.717, 1.165) is 16.8 Å². The molecule has 2 atom stereocenters. The van der Waals surface area contributed by atoms with E-state index in [0.29, 0.717) is 20.9 Å². The molecule has 10 heteroatoms. The predicted octanol–water partition coefficient (Wildman–Crippen LogP) is 4.32. The summed E-state index contributed by atoms with van der Waals surface area (Å²) in [5.41, 5.74) is 3.57. The number of fused-ring (bicyclic) bond motifs is 1. The Morgan fingerprint density at radius 3 is 2.61 bits per heavy atom. The molecule has 0 aromatic heterocycles. The van der Waals surface area contributed by atoms with Gasteiger partial charge >= 0.3 is 0 Å². The Morgan fingerprint density at radius 1 is 1.19 bits per heavy atom. The van der Waals surface area contributed by atoms with E-state index in [1.54, 1.807) is 18.2 Å². The molecule has 2 aliphatic rings. The van der Waals surface area contributed by atoms with Crippen molar-refractivity contribution in [2.24, 2.45) is 4.99 Å². The van der Waals surface area contributed by atoms with Crippen LogP contribution >= 0.6 is 35.0 Å². The van der Waals surface area contributed by atoms with Gasteiger partial charge in [0.1, 0.15) is 0 Å². The number of amidine groups is 1. The SMILES string of the molecule is Cc1cccc(NC(=O)CSC2=N[C@@H]3CS(=O)(=O)C[C@@H]3N2c2cc(Cl)cc(Cl)c2)c1C. The third kappa shape index (κ3) is 4.87. The van der Waals surface area contributed by atoms with Crippen molar-refractivity contribution in [2.75, 3.05) is 27.5 Å². The number of amides is 1. The van der Waals surface area contributed by atoms with Crippen molar-refractivity contribution >= 4 is 67.3 Å². The smallest absolute Gasteiger partial charge is 0.234 e. The van der Waals surface area contributed by atoms with Crippen molar-refractivity contribution < 1.29 is 13.2 Å². The molecule has 1 saturated heterocycles. The van der Waals surface area contributed by atoms with E-state index in [2.05, 4.69) is 10.3 Å². The summed E-state index contributed by atoms with van der Waals surface area (Å²) in [6.45, 7) is 3.96. The molecule has 4 rings (SSSR count). The number of aliphatic imine (C=N–C) groups is 1. The second kappa shape index (κ2) is 8.65. The number of carbonyl (C=O) groups is 1. The molecule has 0 spiro atoms. The number of hydrogen-bond donors (Lipinski definition) is 1. The number of sulfone groups is 1. The number of rotatable bonds is 4. The fourth-order valence-corrected chi connectivity index (χ4v) is 7.10. The number of anilines is 2. The van der Waals surface area contributed by atoms with Crippen molar-refractivity contribution in [2.45, 2.75) is 25.9 Å². The number of nitrogens with one attached hydrogen (secondary N) is 1. The van der Waals surface area contributed by atoms with Gasteiger partial charge in [0, 0.05) is 21.4 Å². The van der Waals surface area contributed by atoms with Gasteiger partial charge in [0.15, 0.2) is 15.0 Å². The molecule has 1 N–H and O–H groups in total. The fourth-order valence-electron chi connectivity index (χ4n) is 3.82. The minimum absolute atomic E-state index is 0.00120. The van der Waals surface area contributed by atoms with E-state index in [-0.39, 0.29) is 35.2 Å². The zero-order valence-electron chi connectivity index (χ0n) is 16.9. The van der Waals surface area contributed by atoms with Crippen LogP contribution in [0.15, 0.2) is 41.4 Å². The Hall–Kier alpha value is -1.74. The van der Waals surface area contributed by atoms with Crippen LogP contribution in [0.4, 0.5) is 11.4 Å². The van der Waals surface area contributed by atoms with Crippen LogP contribution in [0.1, 0.15) is 11.1 Å². The van der Waals surface area contributed by atoms with Gasteiger partial charge in [0.25, 0.3) is 0 Å². The standard InChI is InChI=1S/C21H21Cl2N3O3S2/c1-12-4-3-5-17(13(12)2)24-20(27)9-30-21-25-18-10-31(28,29)11-19(18)26(21)16-7-14(22)6-15(23)8-16/h3-8,18-19H,9-11H2,1-2H3,(H,24,27)/t18-,19+/m1/s1. The van der Waals surface area contributed by atoms with Crippen LogP contribution in [0.25, 0.3) is 0 Å². The molecule has 6 nitrogen and oxygen atoms in total. The number of hydrogen-bond acceptors (Lipinski definition) is 6. The monoisotopic (exact) mass is 497 g/mol. The maximum absolute atomic E-state index is 12.6. The van der Waals surface area contributed by atoms with Crippen LogP contribution in [0.2, 0.25) is 10.0 Å². The number of aryl methyl sites for hydroxylation is 1. The largest absolute Gasteiger partial charge is 0.325 e. The minimum Gasteiger partial charge on any atom is -0.325 e. The van der Waals surface area contributed by atoms with E-state index in [1.807, 2.05) is 36.9 Å². The fraction of sp³-hybridized carbons (Fsp3) is 0.333. The molecule has 0 unspecified atom stereocenters. The highest BCUT2D eigenvalue weighted by Gasteiger charge is 2.47. The number of halogens is 2. The van der Waals surface area contributed by atoms with Crippen LogP contribution in [0.3, 0.4) is 0 Å². The summed E-state index contributed by atoms with van der Waals surface area (Å²) in [6.07, 6.45) is 0. The van der Waals surface area contributed by atoms with Gasteiger partial charge in [-0.05, 0) is 49.2 Å². The Bertz CT molecular complexity index is 1160. The van der Waals surface area contributed by atoms with E-state index in [9.17, 15) is 13.2 Å². The molecular weight excluding hydrogens is 477 g/mol. The molecule has 31 heavy (non-hydrogen) atoms. The Labute approximate surface area is 195 Å². The number of carbonyl (C=O) groups excluding carboxylic acids is 1. The summed E-state index contributed by atoms with van der Waals surface area (Å²) < 4.78 is 24.3. The Kier molecular flexibility index (Phi) is 6.27. The molecular formula is C21H21Cl2N3O3S2. The third-order valence-corrected chi connectivity index (χ3v) is 8.55. The summed E-state index contributed by atoms with van der Waals surface area (Å²) in [5.74, 6) is -0.00999. The molecule has 2 aromatic carbocycles. The second-order valence-electron chi connectivity index (χ2n) is 7.71. The first kappa shape index (κ1) is 22.5. The molecule has 1 fully saturated rings. The lowest BCUT2D eigenvalue weighted by Gasteiger charge is -2.26. The first-order valence-corrected chi connectivity index (χ1v) is 13.2. The van der Waals surface area contributed by atoms with Gasteiger partial charge in [-0.15, -0.1) is 0 Å². The summed E-state index contributed by atoms with van der Waals surface area (Å²) in [4.78, 5) is 19.1. The predicted molar refractivity (Wildman–Crippen MR) is 130 cm³/mol. The third-order valence-electron chi connectivity index (χ3n) is 5.44. The highest BCUT2D eigenvalue weighted by molar-refractivity contribution is 8.14. The van der Waals surface area contributed by atoms with Gasteiger partial charge in [-0.25, -0.2) is 8.42 Å². The van der Waals surface area contributed by atoms with Crippen molar-refractivity contribution in [3.63, 3.8) is 0 Å². The van der Waals surface area contributed by atoms with Gasteiger partial charge in [-0.3, -0.25) is 9.79 Å². The lowest BCUT2D eigenvalue weighted by atomic mass is 10.1. The second-order valence-corrected chi connectivity index (χ2v) is 11.7. The maximum atomic E-state index is 12.6. The number of thioether (sulfide) groups is 1. The van der Waals surface area contributed by atoms with E-state index in [1.165, 1.54) is 11.8 Å². The maximum Gasteiger partial charge on any atom is 0.234 e. The summed E-state index contributed by atoms with van der Waals surface area (Å²) in [7, 11) is -3.17. The average Bonchev–Trinajstić information content (AvgIpc) is 3.14. The van der Waals surface area contributed by atoms with Crippen LogP contribution in [-0.4, -0.2) is 48.8 Å². The van der Waals surface area contributed by atoms with Crippen molar-refractivity contribution in [3.05, 3.63) is 57.6 Å². The van der Waals surface area contributed by atoms with Gasteiger partial charge < -0.3 is 10.2 Å². The van der Waals surface area contributed by atoms with Crippen molar-refractivity contribution in [1.29, 1.82) is 0 Å². The van der Waals surface area contributed by atoms with Crippen LogP contribution in [0.5, 0.6) is 0 Å². The molecule has 164 valence electrons. The molecule has 0 radical (unpaired) electrons. The van der Waals surface area contributed by atoms with Gasteiger partial charge in [0.2, 0.25) is 5.91 Å². The number of nitrogens with zero attached hydrogens (tertiary/aromatic N) is 2. The number of benzene rings is 2. The van der Waals surface area contributed by atoms with Gasteiger partial charge in [0.05, 0.1) is 29.3 Å². The Morgan fingerprint density at radius 2 is 1.90 bits per heavy atom. The van der Waals surface area contributed by atoms with Crippen molar-refractivity contribution in [3.8, 4) is 0 Å². The first-order valence-electron chi connectivity index (χ1n) is 9.65. The molecule has 1 amide bonds. The van der Waals surface area contributed by atoms with E-state index < -0.39 is 9.84 Å². The van der Waals surface area contributed by atoms with Crippen LogP contribution < -0.4 is 10.2 Å². The first-order chi connectivity index (χ1) is 14.6. The van der Waals surface area contributed by atoms with Gasteiger partial charge in [-0.1, -0.05) is 47.1 Å². The Balaban J connectivity index is 1.54. The highest BCUT2D eigenvalue weighted by Crippen LogP contribution is 2.37. The summed E-state index contributed by atoms with van der Waals surface area (Å²) in [6, 6.07) is 10.1. The molecule has 2 aromatic rings. The lowest BCUT2D eigenvalue weighted by molar-refractivity contribution is -0.113.